The average Bonchev–Trinajstić information content (AvgIpc) is 3.36. The summed E-state index contributed by atoms with van der Waals surface area (Å²) in [6.07, 6.45) is 5.09. The number of carboxylic acids is 1. The summed E-state index contributed by atoms with van der Waals surface area (Å²) in [5.41, 5.74) is 10.8. The number of amides is 3. The van der Waals surface area contributed by atoms with Gasteiger partial charge >= 0.3 is 12.0 Å². The highest BCUT2D eigenvalue weighted by atomic mass is 16.5. The standard InChI is InChI=1S/C35H42N8O5/c1-18(37-34(47)40-16-35(3,17-40)33(45)46)25-9-7-21-11-27(41(31(21)38-25)15-20-5-6-20)30-19(2)42-28(39-30)12-22(13-29(42)48-4)32(44)43-23-8-10-26(43)24(36)14-23/h7,9,11-13,18,20,23-24,26H,5-6,8,10,14-17,36H2,1-4H3,(H,37,47)(H,45,46)/t18-,23+,24-,26-/m1/s1. The smallest absolute Gasteiger partial charge is 0.317 e. The van der Waals surface area contributed by atoms with E-state index < -0.39 is 11.4 Å². The molecule has 0 aromatic carbocycles. The van der Waals surface area contributed by atoms with Crippen molar-refractivity contribution in [2.75, 3.05) is 20.2 Å². The highest BCUT2D eigenvalue weighted by Gasteiger charge is 2.48. The molecule has 3 amide bonds. The molecule has 13 nitrogen and oxygen atoms in total. The molecule has 0 spiro atoms. The molecule has 4 aromatic rings. The quantitative estimate of drug-likeness (QED) is 0.257. The number of carbonyl (C=O) groups is 3. The van der Waals surface area contributed by atoms with E-state index in [0.717, 1.165) is 66.8 Å². The number of carboxylic acid groups (broad SMARTS) is 1. The number of ether oxygens (including phenoxy) is 1. The fraction of sp³-hybridized carbons (Fsp3) is 0.514. The Morgan fingerprint density at radius 1 is 1.12 bits per heavy atom. The molecule has 4 N–H and O–H groups in total. The first kappa shape index (κ1) is 30.7. The Morgan fingerprint density at radius 2 is 1.90 bits per heavy atom. The lowest BCUT2D eigenvalue weighted by Gasteiger charge is -2.44. The number of aliphatic carboxylic acids is 1. The lowest BCUT2D eigenvalue weighted by Crippen LogP contribution is -2.62. The van der Waals surface area contributed by atoms with Crippen LogP contribution in [-0.4, -0.2) is 90.1 Å². The van der Waals surface area contributed by atoms with Crippen LogP contribution >= 0.6 is 0 Å². The van der Waals surface area contributed by atoms with Gasteiger partial charge in [0.05, 0.1) is 30.2 Å². The number of nitrogens with zero attached hydrogens (tertiary/aromatic N) is 6. The van der Waals surface area contributed by atoms with Crippen molar-refractivity contribution in [2.24, 2.45) is 17.1 Å². The summed E-state index contributed by atoms with van der Waals surface area (Å²) in [5.74, 6) is 0.175. The molecule has 3 aliphatic heterocycles. The molecular formula is C35H42N8O5. The molecule has 4 aliphatic rings. The molecule has 4 aromatic heterocycles. The van der Waals surface area contributed by atoms with Crippen molar-refractivity contribution in [1.82, 2.24) is 34.1 Å². The number of carbonyl (C=O) groups excluding carboxylic acids is 2. The maximum Gasteiger partial charge on any atom is 0.317 e. The predicted molar refractivity (Wildman–Crippen MR) is 178 cm³/mol. The van der Waals surface area contributed by atoms with Crippen LogP contribution in [0.15, 0.2) is 30.3 Å². The monoisotopic (exact) mass is 654 g/mol. The minimum atomic E-state index is -0.906. The number of fused-ring (bicyclic) bond motifs is 4. The molecule has 1 aliphatic carbocycles. The number of methoxy groups -OCH3 is 1. The number of urea groups is 1. The number of pyridine rings is 2. The molecule has 2 bridgehead atoms. The molecule has 0 unspecified atom stereocenters. The van der Waals surface area contributed by atoms with E-state index in [4.69, 9.17) is 20.4 Å². The van der Waals surface area contributed by atoms with Crippen LogP contribution in [0.1, 0.15) is 73.7 Å². The molecule has 8 rings (SSSR count). The summed E-state index contributed by atoms with van der Waals surface area (Å²) in [5, 5.41) is 13.4. The van der Waals surface area contributed by atoms with E-state index in [1.165, 1.54) is 4.90 Å². The maximum absolute atomic E-state index is 13.8. The number of hydrogen-bond donors (Lipinski definition) is 3. The summed E-state index contributed by atoms with van der Waals surface area (Å²) >= 11 is 0. The number of rotatable bonds is 8. The van der Waals surface area contributed by atoms with Crippen molar-refractivity contribution >= 4 is 34.6 Å². The molecule has 4 atom stereocenters. The number of aryl methyl sites for hydroxylation is 1. The van der Waals surface area contributed by atoms with Gasteiger partial charge in [-0.15, -0.1) is 0 Å². The number of imidazole rings is 1. The Morgan fingerprint density at radius 3 is 2.54 bits per heavy atom. The van der Waals surface area contributed by atoms with Gasteiger partial charge in [0, 0.05) is 54.8 Å². The van der Waals surface area contributed by atoms with Gasteiger partial charge in [0.25, 0.3) is 5.91 Å². The van der Waals surface area contributed by atoms with Crippen LogP contribution in [0.4, 0.5) is 4.79 Å². The zero-order chi connectivity index (χ0) is 33.6. The molecule has 0 radical (unpaired) electrons. The molecular weight excluding hydrogens is 612 g/mol. The van der Waals surface area contributed by atoms with Gasteiger partial charge in [0.1, 0.15) is 22.4 Å². The predicted octanol–water partition coefficient (Wildman–Crippen LogP) is 3.96. The van der Waals surface area contributed by atoms with Crippen LogP contribution in [0, 0.1) is 18.3 Å². The molecule has 252 valence electrons. The van der Waals surface area contributed by atoms with Crippen molar-refractivity contribution in [3.05, 3.63) is 47.3 Å². The number of nitrogens with one attached hydrogen (secondary N) is 1. The molecule has 13 heteroatoms. The summed E-state index contributed by atoms with van der Waals surface area (Å²) in [6, 6.07) is 9.33. The van der Waals surface area contributed by atoms with E-state index in [2.05, 4.69) is 16.0 Å². The zero-order valence-electron chi connectivity index (χ0n) is 27.8. The normalized spacial score (nSPS) is 23.5. The number of nitrogens with two attached hydrogens (primary N) is 1. The van der Waals surface area contributed by atoms with E-state index in [0.29, 0.717) is 28.7 Å². The van der Waals surface area contributed by atoms with Gasteiger partial charge in [-0.2, -0.15) is 0 Å². The van der Waals surface area contributed by atoms with E-state index in [1.54, 1.807) is 14.0 Å². The summed E-state index contributed by atoms with van der Waals surface area (Å²) in [6.45, 7) is 6.69. The second kappa shape index (κ2) is 10.9. The summed E-state index contributed by atoms with van der Waals surface area (Å²) in [4.78, 5) is 51.8. The van der Waals surface area contributed by atoms with E-state index >= 15 is 0 Å². The fourth-order valence-electron chi connectivity index (χ4n) is 8.04. The minimum Gasteiger partial charge on any atom is -0.482 e. The third-order valence-electron chi connectivity index (χ3n) is 11.0. The third kappa shape index (κ3) is 4.81. The molecule has 3 saturated heterocycles. The van der Waals surface area contributed by atoms with Gasteiger partial charge in [-0.25, -0.2) is 14.8 Å². The molecule has 1 saturated carbocycles. The van der Waals surface area contributed by atoms with Gasteiger partial charge in [-0.05, 0) is 83.1 Å². The van der Waals surface area contributed by atoms with E-state index in [9.17, 15) is 19.5 Å². The number of hydrogen-bond acceptors (Lipinski definition) is 7. The van der Waals surface area contributed by atoms with E-state index in [1.807, 2.05) is 47.4 Å². The lowest BCUT2D eigenvalue weighted by atomic mass is 9.82. The van der Waals surface area contributed by atoms with Gasteiger partial charge in [0.15, 0.2) is 5.88 Å². The Bertz CT molecular complexity index is 1990. The Kier molecular flexibility index (Phi) is 6.99. The molecule has 48 heavy (non-hydrogen) atoms. The first-order valence-electron chi connectivity index (χ1n) is 16.9. The van der Waals surface area contributed by atoms with E-state index in [-0.39, 0.29) is 49.2 Å². The van der Waals surface area contributed by atoms with Crippen LogP contribution in [0.3, 0.4) is 0 Å². The lowest BCUT2D eigenvalue weighted by molar-refractivity contribution is -0.155. The van der Waals surface area contributed by atoms with Crippen LogP contribution in [0.5, 0.6) is 5.88 Å². The largest absolute Gasteiger partial charge is 0.482 e. The second-order valence-corrected chi connectivity index (χ2v) is 14.6. The van der Waals surface area contributed by atoms with Crippen molar-refractivity contribution in [1.29, 1.82) is 0 Å². The van der Waals surface area contributed by atoms with Gasteiger partial charge in [-0.1, -0.05) is 0 Å². The molecule has 4 fully saturated rings. The van der Waals surface area contributed by atoms with Crippen LogP contribution < -0.4 is 15.8 Å². The Hall–Kier alpha value is -4.65. The highest BCUT2D eigenvalue weighted by Crippen LogP contribution is 2.40. The SMILES string of the molecule is COc1cc(C(=O)N2[C@H]3CC[C@@H]2[C@H](N)C3)cc2nc(-c3cc4ccc([C@@H](C)NC(=O)N5CC(C)(C(=O)O)C5)nc4n3CC3CC3)c(C)n12. The van der Waals surface area contributed by atoms with Gasteiger partial charge in [-0.3, -0.25) is 14.0 Å². The highest BCUT2D eigenvalue weighted by molar-refractivity contribution is 5.97. The first-order valence-corrected chi connectivity index (χ1v) is 16.9. The molecule has 7 heterocycles. The number of aromatic nitrogens is 4. The zero-order valence-corrected chi connectivity index (χ0v) is 27.8. The van der Waals surface area contributed by atoms with Gasteiger partial charge in [0.2, 0.25) is 0 Å². The Balaban J connectivity index is 1.13. The summed E-state index contributed by atoms with van der Waals surface area (Å²) in [7, 11) is 1.61. The minimum absolute atomic E-state index is 0.0238. The summed E-state index contributed by atoms with van der Waals surface area (Å²) < 4.78 is 10.0. The number of likely N-dealkylation sites (tertiary alicyclic amines) is 1. The first-order chi connectivity index (χ1) is 23.0. The van der Waals surface area contributed by atoms with Crippen LogP contribution in [-0.2, 0) is 11.3 Å². The van der Waals surface area contributed by atoms with Crippen molar-refractivity contribution in [3.8, 4) is 17.3 Å². The second-order valence-electron chi connectivity index (χ2n) is 14.6. The van der Waals surface area contributed by atoms with Crippen LogP contribution in [0.2, 0.25) is 0 Å². The van der Waals surface area contributed by atoms with Gasteiger partial charge < -0.3 is 35.3 Å². The average molecular weight is 655 g/mol. The van der Waals surface area contributed by atoms with Crippen molar-refractivity contribution in [3.63, 3.8) is 0 Å². The maximum atomic E-state index is 13.8. The topological polar surface area (TPSA) is 160 Å². The van der Waals surface area contributed by atoms with Crippen molar-refractivity contribution in [2.45, 2.75) is 83.6 Å². The fourth-order valence-corrected chi connectivity index (χ4v) is 8.04. The third-order valence-corrected chi connectivity index (χ3v) is 11.0. The Labute approximate surface area is 278 Å². The van der Waals surface area contributed by atoms with Crippen LogP contribution in [0.25, 0.3) is 28.1 Å². The van der Waals surface area contributed by atoms with Crippen molar-refractivity contribution < 1.29 is 24.2 Å².